The van der Waals surface area contributed by atoms with Gasteiger partial charge in [-0.3, -0.25) is 4.79 Å². The Bertz CT molecular complexity index is 906. The summed E-state index contributed by atoms with van der Waals surface area (Å²) < 4.78 is 42.5. The first-order valence-corrected chi connectivity index (χ1v) is 8.51. The standard InChI is InChI=1S/C20H18F3N3O2/c21-20(22,23)14-28-13-15-6-8-17(9-7-15)19(27)24-10-16-11-25-26(12-16)18-4-2-1-3-5-18/h1-9,11-12H,10,13-14H2,(H,24,27). The van der Waals surface area contributed by atoms with E-state index in [1.807, 2.05) is 36.5 Å². The van der Waals surface area contributed by atoms with E-state index in [4.69, 9.17) is 0 Å². The average Bonchev–Trinajstić information content (AvgIpc) is 3.15. The van der Waals surface area contributed by atoms with Gasteiger partial charge in [0.2, 0.25) is 0 Å². The van der Waals surface area contributed by atoms with Crippen molar-refractivity contribution < 1.29 is 22.7 Å². The highest BCUT2D eigenvalue weighted by molar-refractivity contribution is 5.94. The molecule has 1 amide bonds. The molecule has 0 radical (unpaired) electrons. The van der Waals surface area contributed by atoms with E-state index >= 15 is 0 Å². The molecule has 0 saturated carbocycles. The summed E-state index contributed by atoms with van der Waals surface area (Å²) in [4.78, 5) is 12.2. The highest BCUT2D eigenvalue weighted by Crippen LogP contribution is 2.16. The van der Waals surface area contributed by atoms with Crippen LogP contribution in [0.15, 0.2) is 67.0 Å². The number of carbonyl (C=O) groups excluding carboxylic acids is 1. The topological polar surface area (TPSA) is 56.2 Å². The third-order valence-electron chi connectivity index (χ3n) is 3.86. The Morgan fingerprint density at radius 2 is 1.75 bits per heavy atom. The lowest BCUT2D eigenvalue weighted by atomic mass is 10.1. The summed E-state index contributed by atoms with van der Waals surface area (Å²) >= 11 is 0. The Morgan fingerprint density at radius 1 is 1.04 bits per heavy atom. The molecule has 0 bridgehead atoms. The van der Waals surface area contributed by atoms with Crippen molar-refractivity contribution in [3.63, 3.8) is 0 Å². The fourth-order valence-corrected chi connectivity index (χ4v) is 2.49. The molecule has 1 heterocycles. The van der Waals surface area contributed by atoms with Crippen molar-refractivity contribution in [3.8, 4) is 5.69 Å². The number of carbonyl (C=O) groups is 1. The van der Waals surface area contributed by atoms with Crippen molar-refractivity contribution in [2.75, 3.05) is 6.61 Å². The molecular weight excluding hydrogens is 371 g/mol. The van der Waals surface area contributed by atoms with Crippen molar-refractivity contribution >= 4 is 5.91 Å². The van der Waals surface area contributed by atoms with E-state index in [1.165, 1.54) is 0 Å². The summed E-state index contributed by atoms with van der Waals surface area (Å²) in [5.41, 5.74) is 2.73. The van der Waals surface area contributed by atoms with Gasteiger partial charge in [-0.1, -0.05) is 30.3 Å². The first-order chi connectivity index (χ1) is 13.4. The number of para-hydroxylation sites is 1. The van der Waals surface area contributed by atoms with Crippen LogP contribution in [-0.4, -0.2) is 28.5 Å². The number of alkyl halides is 3. The lowest BCUT2D eigenvalue weighted by Gasteiger charge is -2.08. The maximum absolute atomic E-state index is 12.2. The Kier molecular flexibility index (Phi) is 6.10. The molecule has 8 heteroatoms. The second-order valence-electron chi connectivity index (χ2n) is 6.12. The maximum Gasteiger partial charge on any atom is 0.411 e. The van der Waals surface area contributed by atoms with Crippen LogP contribution in [0.1, 0.15) is 21.5 Å². The molecular formula is C20H18F3N3O2. The predicted octanol–water partition coefficient (Wildman–Crippen LogP) is 3.88. The zero-order chi connectivity index (χ0) is 20.0. The maximum atomic E-state index is 12.2. The molecule has 2 aromatic carbocycles. The fourth-order valence-electron chi connectivity index (χ4n) is 2.49. The van der Waals surface area contributed by atoms with Gasteiger partial charge in [-0.15, -0.1) is 0 Å². The summed E-state index contributed by atoms with van der Waals surface area (Å²) in [7, 11) is 0. The van der Waals surface area contributed by atoms with Crippen LogP contribution in [0.4, 0.5) is 13.2 Å². The van der Waals surface area contributed by atoms with E-state index in [9.17, 15) is 18.0 Å². The van der Waals surface area contributed by atoms with Gasteiger partial charge in [0.05, 0.1) is 18.5 Å². The zero-order valence-electron chi connectivity index (χ0n) is 14.8. The Morgan fingerprint density at radius 3 is 2.43 bits per heavy atom. The molecule has 3 aromatic rings. The van der Waals surface area contributed by atoms with E-state index < -0.39 is 12.8 Å². The SMILES string of the molecule is O=C(NCc1cnn(-c2ccccc2)c1)c1ccc(COCC(F)(F)F)cc1. The highest BCUT2D eigenvalue weighted by Gasteiger charge is 2.27. The van der Waals surface area contributed by atoms with Gasteiger partial charge >= 0.3 is 6.18 Å². The van der Waals surface area contributed by atoms with Crippen LogP contribution in [-0.2, 0) is 17.9 Å². The Balaban J connectivity index is 1.50. The number of ether oxygens (including phenoxy) is 1. The number of nitrogens with zero attached hydrogens (tertiary/aromatic N) is 2. The van der Waals surface area contributed by atoms with Gasteiger partial charge in [-0.25, -0.2) is 4.68 Å². The number of halogens is 3. The molecule has 0 unspecified atom stereocenters. The Hall–Kier alpha value is -3.13. The molecule has 0 spiro atoms. The summed E-state index contributed by atoms with van der Waals surface area (Å²) in [6.07, 6.45) is -0.848. The van der Waals surface area contributed by atoms with E-state index in [0.29, 0.717) is 17.7 Å². The number of benzene rings is 2. The molecule has 3 rings (SSSR count). The lowest BCUT2D eigenvalue weighted by molar-refractivity contribution is -0.176. The molecule has 146 valence electrons. The lowest BCUT2D eigenvalue weighted by Crippen LogP contribution is -2.22. The minimum atomic E-state index is -4.35. The summed E-state index contributed by atoms with van der Waals surface area (Å²) in [6, 6.07) is 15.8. The number of aromatic nitrogens is 2. The van der Waals surface area contributed by atoms with Crippen molar-refractivity contribution in [1.82, 2.24) is 15.1 Å². The molecule has 0 fully saturated rings. The number of hydrogen-bond donors (Lipinski definition) is 1. The average molecular weight is 389 g/mol. The first kappa shape index (κ1) is 19.6. The third-order valence-corrected chi connectivity index (χ3v) is 3.86. The van der Waals surface area contributed by atoms with Crippen LogP contribution in [0.2, 0.25) is 0 Å². The van der Waals surface area contributed by atoms with Crippen LogP contribution >= 0.6 is 0 Å². The number of amides is 1. The number of hydrogen-bond acceptors (Lipinski definition) is 3. The number of nitrogens with one attached hydrogen (secondary N) is 1. The zero-order valence-corrected chi connectivity index (χ0v) is 14.8. The minimum absolute atomic E-state index is 0.167. The van der Waals surface area contributed by atoms with E-state index in [1.54, 1.807) is 35.1 Å². The summed E-state index contributed by atoms with van der Waals surface area (Å²) in [6.45, 7) is -1.16. The van der Waals surface area contributed by atoms with Gasteiger partial charge in [0.15, 0.2) is 0 Å². The van der Waals surface area contributed by atoms with Crippen LogP contribution in [0.5, 0.6) is 0 Å². The fraction of sp³-hybridized carbons (Fsp3) is 0.200. The summed E-state index contributed by atoms with van der Waals surface area (Å²) in [5.74, 6) is -0.282. The van der Waals surface area contributed by atoms with Crippen molar-refractivity contribution in [1.29, 1.82) is 0 Å². The normalized spacial score (nSPS) is 11.4. The molecule has 28 heavy (non-hydrogen) atoms. The van der Waals surface area contributed by atoms with Gasteiger partial charge in [0.1, 0.15) is 6.61 Å². The van der Waals surface area contributed by atoms with E-state index in [0.717, 1.165) is 11.3 Å². The Labute approximate surface area is 159 Å². The predicted molar refractivity (Wildman–Crippen MR) is 96.9 cm³/mol. The molecule has 1 aromatic heterocycles. The highest BCUT2D eigenvalue weighted by atomic mass is 19.4. The van der Waals surface area contributed by atoms with Gasteiger partial charge in [-0.05, 0) is 29.8 Å². The number of rotatable bonds is 7. The molecule has 0 aliphatic carbocycles. The quantitative estimate of drug-likeness (QED) is 0.667. The van der Waals surface area contributed by atoms with Crippen molar-refractivity contribution in [2.45, 2.75) is 19.3 Å². The van der Waals surface area contributed by atoms with Crippen LogP contribution in [0, 0.1) is 0 Å². The van der Waals surface area contributed by atoms with Crippen molar-refractivity contribution in [2.24, 2.45) is 0 Å². The van der Waals surface area contributed by atoms with Gasteiger partial charge in [-0.2, -0.15) is 18.3 Å². The van der Waals surface area contributed by atoms with Crippen LogP contribution in [0.25, 0.3) is 5.69 Å². The molecule has 5 nitrogen and oxygen atoms in total. The van der Waals surface area contributed by atoms with Crippen molar-refractivity contribution in [3.05, 3.63) is 83.7 Å². The van der Waals surface area contributed by atoms with Gasteiger partial charge in [0, 0.05) is 23.9 Å². The second kappa shape index (κ2) is 8.71. The smallest absolute Gasteiger partial charge is 0.367 e. The molecule has 0 saturated heterocycles. The van der Waals surface area contributed by atoms with Crippen LogP contribution in [0.3, 0.4) is 0 Å². The van der Waals surface area contributed by atoms with Gasteiger partial charge < -0.3 is 10.1 Å². The molecule has 0 aliphatic rings. The third kappa shape index (κ3) is 5.68. The first-order valence-electron chi connectivity index (χ1n) is 8.51. The van der Waals surface area contributed by atoms with Crippen LogP contribution < -0.4 is 5.32 Å². The molecule has 0 atom stereocenters. The van der Waals surface area contributed by atoms with Gasteiger partial charge in [0.25, 0.3) is 5.91 Å². The summed E-state index contributed by atoms with van der Waals surface area (Å²) in [5, 5.41) is 7.06. The molecule has 0 aliphatic heterocycles. The second-order valence-corrected chi connectivity index (χ2v) is 6.12. The molecule has 1 N–H and O–H groups in total. The minimum Gasteiger partial charge on any atom is -0.367 e. The monoisotopic (exact) mass is 389 g/mol. The largest absolute Gasteiger partial charge is 0.411 e. The van der Waals surface area contributed by atoms with E-state index in [2.05, 4.69) is 15.2 Å². The van der Waals surface area contributed by atoms with E-state index in [-0.39, 0.29) is 12.5 Å².